The van der Waals surface area contributed by atoms with Gasteiger partial charge in [-0.15, -0.1) is 11.8 Å². The van der Waals surface area contributed by atoms with Crippen LogP contribution in [0.3, 0.4) is 0 Å². The molecular formula is C27H31NOS. The highest BCUT2D eigenvalue weighted by molar-refractivity contribution is 7.98. The maximum atomic E-state index is 6.12. The van der Waals surface area contributed by atoms with Gasteiger partial charge in [0.25, 0.3) is 0 Å². The SMILES string of the molecule is CSc1ccc(-c2ccc(OCC3CCN(Cc4ccc(C)cc4)CC3)cc2)cc1. The molecule has 3 aromatic rings. The zero-order valence-electron chi connectivity index (χ0n) is 18.0. The summed E-state index contributed by atoms with van der Waals surface area (Å²) in [6.07, 6.45) is 4.53. The summed E-state index contributed by atoms with van der Waals surface area (Å²) in [5, 5.41) is 0. The molecule has 1 fully saturated rings. The number of piperidine rings is 1. The van der Waals surface area contributed by atoms with Crippen LogP contribution in [0.4, 0.5) is 0 Å². The van der Waals surface area contributed by atoms with E-state index in [9.17, 15) is 0 Å². The molecule has 0 amide bonds. The summed E-state index contributed by atoms with van der Waals surface area (Å²) in [7, 11) is 0. The maximum Gasteiger partial charge on any atom is 0.119 e. The molecule has 1 heterocycles. The van der Waals surface area contributed by atoms with E-state index in [1.807, 2.05) is 0 Å². The topological polar surface area (TPSA) is 12.5 Å². The third kappa shape index (κ3) is 5.68. The normalized spacial score (nSPS) is 15.3. The molecule has 4 rings (SSSR count). The van der Waals surface area contributed by atoms with E-state index in [0.717, 1.165) is 32.0 Å². The van der Waals surface area contributed by atoms with Gasteiger partial charge in [0.2, 0.25) is 0 Å². The van der Waals surface area contributed by atoms with Gasteiger partial charge in [-0.25, -0.2) is 0 Å². The summed E-state index contributed by atoms with van der Waals surface area (Å²) in [5.74, 6) is 1.62. The molecule has 3 heteroatoms. The molecule has 3 aromatic carbocycles. The molecule has 30 heavy (non-hydrogen) atoms. The number of rotatable bonds is 7. The first-order chi connectivity index (χ1) is 14.7. The van der Waals surface area contributed by atoms with Crippen molar-refractivity contribution in [2.24, 2.45) is 5.92 Å². The van der Waals surface area contributed by atoms with Crippen LogP contribution in [0.1, 0.15) is 24.0 Å². The average Bonchev–Trinajstić information content (AvgIpc) is 2.80. The van der Waals surface area contributed by atoms with Crippen LogP contribution in [0.2, 0.25) is 0 Å². The van der Waals surface area contributed by atoms with E-state index in [-0.39, 0.29) is 0 Å². The molecule has 2 nitrogen and oxygen atoms in total. The van der Waals surface area contributed by atoms with E-state index < -0.39 is 0 Å². The van der Waals surface area contributed by atoms with E-state index in [4.69, 9.17) is 4.74 Å². The summed E-state index contributed by atoms with van der Waals surface area (Å²) in [6, 6.07) is 26.2. The summed E-state index contributed by atoms with van der Waals surface area (Å²) >= 11 is 1.77. The number of hydrogen-bond acceptors (Lipinski definition) is 3. The lowest BCUT2D eigenvalue weighted by atomic mass is 9.97. The van der Waals surface area contributed by atoms with Crippen LogP contribution in [0.5, 0.6) is 5.75 Å². The first kappa shape index (κ1) is 21.0. The van der Waals surface area contributed by atoms with E-state index in [1.54, 1.807) is 11.8 Å². The molecule has 0 atom stereocenters. The molecule has 0 unspecified atom stereocenters. The van der Waals surface area contributed by atoms with E-state index in [1.165, 1.54) is 40.0 Å². The Balaban J connectivity index is 1.23. The van der Waals surface area contributed by atoms with Crippen molar-refractivity contribution in [3.63, 3.8) is 0 Å². The van der Waals surface area contributed by atoms with E-state index in [2.05, 4.69) is 90.9 Å². The minimum Gasteiger partial charge on any atom is -0.493 e. The standard InChI is InChI=1S/C27H31NOS/c1-21-3-5-22(6-4-21)19-28-17-15-23(16-18-28)20-29-26-11-7-24(8-12-26)25-9-13-27(30-2)14-10-25/h3-14,23H,15-20H2,1-2H3. The largest absolute Gasteiger partial charge is 0.493 e. The zero-order valence-corrected chi connectivity index (χ0v) is 18.8. The number of likely N-dealkylation sites (tertiary alicyclic amines) is 1. The monoisotopic (exact) mass is 417 g/mol. The van der Waals surface area contributed by atoms with Crippen molar-refractivity contribution in [1.82, 2.24) is 4.90 Å². The molecule has 156 valence electrons. The Bertz CT molecular complexity index is 911. The Kier molecular flexibility index (Phi) is 7.14. The van der Waals surface area contributed by atoms with Crippen LogP contribution in [0.15, 0.2) is 77.7 Å². The number of thioether (sulfide) groups is 1. The van der Waals surface area contributed by atoms with Crippen LogP contribution in [0.25, 0.3) is 11.1 Å². The number of benzene rings is 3. The third-order valence-electron chi connectivity index (χ3n) is 6.00. The van der Waals surface area contributed by atoms with Gasteiger partial charge in [-0.05, 0) is 86.0 Å². The molecule has 0 aromatic heterocycles. The van der Waals surface area contributed by atoms with Gasteiger partial charge in [0.15, 0.2) is 0 Å². The van der Waals surface area contributed by atoms with Crippen LogP contribution < -0.4 is 4.74 Å². The molecule has 1 aliphatic rings. The van der Waals surface area contributed by atoms with Crippen molar-refractivity contribution in [2.45, 2.75) is 31.2 Å². The second-order valence-electron chi connectivity index (χ2n) is 8.27. The second kappa shape index (κ2) is 10.2. The molecule has 1 saturated heterocycles. The maximum absolute atomic E-state index is 6.12. The quantitative estimate of drug-likeness (QED) is 0.398. The average molecular weight is 418 g/mol. The van der Waals surface area contributed by atoms with Crippen molar-refractivity contribution in [1.29, 1.82) is 0 Å². The molecule has 0 saturated carbocycles. The van der Waals surface area contributed by atoms with Gasteiger partial charge in [-0.2, -0.15) is 0 Å². The van der Waals surface area contributed by atoms with Gasteiger partial charge < -0.3 is 4.74 Å². The van der Waals surface area contributed by atoms with Gasteiger partial charge in [0, 0.05) is 11.4 Å². The molecule has 0 aliphatic carbocycles. The fourth-order valence-electron chi connectivity index (χ4n) is 4.00. The van der Waals surface area contributed by atoms with Gasteiger partial charge in [0.05, 0.1) is 6.61 Å². The molecule has 0 bridgehead atoms. The minimum absolute atomic E-state index is 0.651. The van der Waals surface area contributed by atoms with Crippen LogP contribution in [-0.2, 0) is 6.54 Å². The Morgan fingerprint density at radius 2 is 1.43 bits per heavy atom. The third-order valence-corrected chi connectivity index (χ3v) is 6.74. The first-order valence-electron chi connectivity index (χ1n) is 10.8. The highest BCUT2D eigenvalue weighted by Crippen LogP contribution is 2.26. The number of hydrogen-bond donors (Lipinski definition) is 0. The lowest BCUT2D eigenvalue weighted by Gasteiger charge is -2.31. The molecular weight excluding hydrogens is 386 g/mol. The number of nitrogens with zero attached hydrogens (tertiary/aromatic N) is 1. The van der Waals surface area contributed by atoms with E-state index >= 15 is 0 Å². The van der Waals surface area contributed by atoms with Crippen LogP contribution >= 0.6 is 11.8 Å². The summed E-state index contributed by atoms with van der Waals surface area (Å²) in [5.41, 5.74) is 5.23. The fraction of sp³-hybridized carbons (Fsp3) is 0.333. The second-order valence-corrected chi connectivity index (χ2v) is 9.15. The van der Waals surface area contributed by atoms with Crippen LogP contribution in [-0.4, -0.2) is 30.9 Å². The lowest BCUT2D eigenvalue weighted by Crippen LogP contribution is -2.35. The van der Waals surface area contributed by atoms with Gasteiger partial charge in [-0.3, -0.25) is 4.90 Å². The lowest BCUT2D eigenvalue weighted by molar-refractivity contribution is 0.137. The first-order valence-corrected chi connectivity index (χ1v) is 12.1. The smallest absolute Gasteiger partial charge is 0.119 e. The van der Waals surface area contributed by atoms with Crippen molar-refractivity contribution >= 4 is 11.8 Å². The Hall–Kier alpha value is -2.23. The van der Waals surface area contributed by atoms with Gasteiger partial charge in [-0.1, -0.05) is 54.1 Å². The number of ether oxygens (including phenoxy) is 1. The summed E-state index contributed by atoms with van der Waals surface area (Å²) in [6.45, 7) is 6.35. The van der Waals surface area contributed by atoms with Gasteiger partial charge >= 0.3 is 0 Å². The zero-order chi connectivity index (χ0) is 20.8. The van der Waals surface area contributed by atoms with Gasteiger partial charge in [0.1, 0.15) is 5.75 Å². The van der Waals surface area contributed by atoms with Crippen molar-refractivity contribution in [3.8, 4) is 16.9 Å². The Morgan fingerprint density at radius 1 is 0.833 bits per heavy atom. The van der Waals surface area contributed by atoms with Crippen LogP contribution in [0, 0.1) is 12.8 Å². The Labute approximate surface area is 185 Å². The molecule has 1 aliphatic heterocycles. The summed E-state index contributed by atoms with van der Waals surface area (Å²) < 4.78 is 6.12. The fourth-order valence-corrected chi connectivity index (χ4v) is 4.41. The van der Waals surface area contributed by atoms with Crippen molar-refractivity contribution < 1.29 is 4.74 Å². The highest BCUT2D eigenvalue weighted by Gasteiger charge is 2.19. The van der Waals surface area contributed by atoms with Crippen molar-refractivity contribution in [3.05, 3.63) is 83.9 Å². The van der Waals surface area contributed by atoms with E-state index in [0.29, 0.717) is 5.92 Å². The van der Waals surface area contributed by atoms with Crippen molar-refractivity contribution in [2.75, 3.05) is 26.0 Å². The predicted molar refractivity (Wildman–Crippen MR) is 128 cm³/mol. The molecule has 0 spiro atoms. The predicted octanol–water partition coefficient (Wildman–Crippen LogP) is 6.67. The highest BCUT2D eigenvalue weighted by atomic mass is 32.2. The molecule has 0 N–H and O–H groups in total. The molecule has 0 radical (unpaired) electrons. The Morgan fingerprint density at radius 3 is 2.03 bits per heavy atom. The summed E-state index contributed by atoms with van der Waals surface area (Å²) in [4.78, 5) is 3.86. The minimum atomic E-state index is 0.651. The number of aryl methyl sites for hydroxylation is 1.